The Balaban J connectivity index is 2.00. The molecule has 1 aliphatic rings. The summed E-state index contributed by atoms with van der Waals surface area (Å²) in [4.78, 5) is 11.1. The fourth-order valence-corrected chi connectivity index (χ4v) is 2.79. The van der Waals surface area contributed by atoms with Gasteiger partial charge in [-0.25, -0.2) is 0 Å². The molecule has 1 fully saturated rings. The van der Waals surface area contributed by atoms with Gasteiger partial charge in [0.25, 0.3) is 0 Å². The maximum atomic E-state index is 11.1. The highest BCUT2D eigenvalue weighted by atomic mass is 32.2. The molecule has 5 heteroatoms. The molecule has 1 heterocycles. The lowest BCUT2D eigenvalue weighted by Crippen LogP contribution is -2.37. The smallest absolute Gasteiger partial charge is 0.234 e. The quantitative estimate of drug-likeness (QED) is 0.671. The third-order valence-electron chi connectivity index (χ3n) is 2.30. The van der Waals surface area contributed by atoms with Crippen LogP contribution in [0.1, 0.15) is 19.3 Å². The van der Waals surface area contributed by atoms with Gasteiger partial charge in [0, 0.05) is 11.8 Å². The van der Waals surface area contributed by atoms with Gasteiger partial charge >= 0.3 is 0 Å². The SMILES string of the molecule is N#CCNC(=O)CNCC1CCCCS1. The largest absolute Gasteiger partial charge is 0.342 e. The molecule has 2 N–H and O–H groups in total. The number of carbonyl (C=O) groups is 1. The second-order valence-corrected chi connectivity index (χ2v) is 4.96. The minimum atomic E-state index is -0.0997. The lowest BCUT2D eigenvalue weighted by atomic mass is 10.2. The molecule has 0 aromatic carbocycles. The summed E-state index contributed by atoms with van der Waals surface area (Å²) in [6.07, 6.45) is 3.88. The zero-order valence-electron chi connectivity index (χ0n) is 8.79. The molecule has 15 heavy (non-hydrogen) atoms. The number of nitrogens with one attached hydrogen (secondary N) is 2. The Labute approximate surface area is 94.8 Å². The number of thioether (sulfide) groups is 1. The Bertz CT molecular complexity index is 233. The fourth-order valence-electron chi connectivity index (χ4n) is 1.52. The van der Waals surface area contributed by atoms with Gasteiger partial charge < -0.3 is 10.6 Å². The Kier molecular flexibility index (Phi) is 6.21. The van der Waals surface area contributed by atoms with Crippen LogP contribution < -0.4 is 10.6 Å². The van der Waals surface area contributed by atoms with E-state index in [-0.39, 0.29) is 12.5 Å². The Morgan fingerprint density at radius 3 is 3.07 bits per heavy atom. The van der Waals surface area contributed by atoms with Gasteiger partial charge in [-0.3, -0.25) is 4.79 Å². The van der Waals surface area contributed by atoms with Crippen molar-refractivity contribution in [2.75, 3.05) is 25.4 Å². The number of amides is 1. The molecule has 1 aliphatic heterocycles. The third kappa shape index (κ3) is 5.65. The third-order valence-corrected chi connectivity index (χ3v) is 3.69. The maximum absolute atomic E-state index is 11.1. The van der Waals surface area contributed by atoms with Crippen LogP contribution in [0.25, 0.3) is 0 Å². The summed E-state index contributed by atoms with van der Waals surface area (Å²) < 4.78 is 0. The summed E-state index contributed by atoms with van der Waals surface area (Å²) in [6, 6.07) is 1.87. The summed E-state index contributed by atoms with van der Waals surface area (Å²) in [7, 11) is 0. The molecule has 1 amide bonds. The lowest BCUT2D eigenvalue weighted by Gasteiger charge is -2.21. The van der Waals surface area contributed by atoms with Crippen LogP contribution in [-0.2, 0) is 4.79 Å². The fraction of sp³-hybridized carbons (Fsp3) is 0.800. The second-order valence-electron chi connectivity index (χ2n) is 3.55. The molecule has 0 bridgehead atoms. The Hall–Kier alpha value is -0.730. The van der Waals surface area contributed by atoms with Crippen molar-refractivity contribution in [1.29, 1.82) is 5.26 Å². The first-order chi connectivity index (χ1) is 7.33. The van der Waals surface area contributed by atoms with Crippen LogP contribution in [0.3, 0.4) is 0 Å². The van der Waals surface area contributed by atoms with E-state index in [0.29, 0.717) is 11.8 Å². The van der Waals surface area contributed by atoms with Gasteiger partial charge in [0.05, 0.1) is 12.6 Å². The first-order valence-corrected chi connectivity index (χ1v) is 6.34. The highest BCUT2D eigenvalue weighted by Crippen LogP contribution is 2.23. The summed E-state index contributed by atoms with van der Waals surface area (Å²) in [5.41, 5.74) is 0. The molecular weight excluding hydrogens is 210 g/mol. The van der Waals surface area contributed by atoms with Crippen LogP contribution in [-0.4, -0.2) is 36.5 Å². The van der Waals surface area contributed by atoms with Crippen molar-refractivity contribution in [2.45, 2.75) is 24.5 Å². The van der Waals surface area contributed by atoms with Crippen molar-refractivity contribution < 1.29 is 4.79 Å². The molecule has 0 radical (unpaired) electrons. The van der Waals surface area contributed by atoms with E-state index in [1.165, 1.54) is 25.0 Å². The molecule has 1 atom stereocenters. The van der Waals surface area contributed by atoms with Gasteiger partial charge in [-0.2, -0.15) is 17.0 Å². The maximum Gasteiger partial charge on any atom is 0.234 e. The first kappa shape index (κ1) is 12.3. The summed E-state index contributed by atoms with van der Waals surface area (Å²) >= 11 is 1.99. The normalized spacial score (nSPS) is 20.6. The van der Waals surface area contributed by atoms with Crippen LogP contribution >= 0.6 is 11.8 Å². The molecule has 0 aliphatic carbocycles. The van der Waals surface area contributed by atoms with Gasteiger partial charge in [-0.1, -0.05) is 6.42 Å². The van der Waals surface area contributed by atoms with Crippen LogP contribution in [0.5, 0.6) is 0 Å². The predicted octanol–water partition coefficient (Wildman–Crippen LogP) is 0.501. The van der Waals surface area contributed by atoms with Crippen molar-refractivity contribution in [2.24, 2.45) is 0 Å². The van der Waals surface area contributed by atoms with Gasteiger partial charge in [0.2, 0.25) is 5.91 Å². The van der Waals surface area contributed by atoms with Crippen molar-refractivity contribution in [3.8, 4) is 6.07 Å². The van der Waals surface area contributed by atoms with E-state index in [1.54, 1.807) is 0 Å². The van der Waals surface area contributed by atoms with Crippen LogP contribution in [0, 0.1) is 11.3 Å². The van der Waals surface area contributed by atoms with Gasteiger partial charge in [-0.15, -0.1) is 0 Å². The molecule has 0 aromatic heterocycles. The lowest BCUT2D eigenvalue weighted by molar-refractivity contribution is -0.120. The van der Waals surface area contributed by atoms with Crippen LogP contribution in [0.2, 0.25) is 0 Å². The average Bonchev–Trinajstić information content (AvgIpc) is 2.28. The highest BCUT2D eigenvalue weighted by molar-refractivity contribution is 7.99. The standard InChI is InChI=1S/C10H17N3OS/c11-4-5-13-10(14)8-12-7-9-3-1-2-6-15-9/h9,12H,1-3,5-8H2,(H,13,14). The Morgan fingerprint density at radius 2 is 2.40 bits per heavy atom. The van der Waals surface area contributed by atoms with E-state index in [2.05, 4.69) is 10.6 Å². The number of hydrogen-bond acceptors (Lipinski definition) is 4. The van der Waals surface area contributed by atoms with Crippen LogP contribution in [0.4, 0.5) is 0 Å². The predicted molar refractivity (Wildman–Crippen MR) is 61.6 cm³/mol. The molecule has 0 aromatic rings. The average molecular weight is 227 g/mol. The van der Waals surface area contributed by atoms with Gasteiger partial charge in [-0.05, 0) is 18.6 Å². The van der Waals surface area contributed by atoms with E-state index < -0.39 is 0 Å². The minimum Gasteiger partial charge on any atom is -0.342 e. The van der Waals surface area contributed by atoms with E-state index >= 15 is 0 Å². The zero-order valence-corrected chi connectivity index (χ0v) is 9.61. The van der Waals surface area contributed by atoms with Gasteiger partial charge in [0.1, 0.15) is 6.54 Å². The highest BCUT2D eigenvalue weighted by Gasteiger charge is 2.13. The number of hydrogen-bond donors (Lipinski definition) is 2. The van der Waals surface area contributed by atoms with E-state index in [9.17, 15) is 4.79 Å². The molecule has 4 nitrogen and oxygen atoms in total. The first-order valence-electron chi connectivity index (χ1n) is 5.29. The molecule has 1 saturated heterocycles. The van der Waals surface area contributed by atoms with Crippen molar-refractivity contribution >= 4 is 17.7 Å². The molecule has 0 saturated carbocycles. The van der Waals surface area contributed by atoms with Crippen molar-refractivity contribution in [1.82, 2.24) is 10.6 Å². The minimum absolute atomic E-state index is 0.0959. The molecule has 0 spiro atoms. The van der Waals surface area contributed by atoms with E-state index in [0.717, 1.165) is 6.54 Å². The van der Waals surface area contributed by atoms with Crippen molar-refractivity contribution in [3.63, 3.8) is 0 Å². The van der Waals surface area contributed by atoms with Gasteiger partial charge in [0.15, 0.2) is 0 Å². The topological polar surface area (TPSA) is 64.9 Å². The molecular formula is C10H17N3OS. The molecule has 1 unspecified atom stereocenters. The summed E-state index contributed by atoms with van der Waals surface area (Å²) in [5.74, 6) is 1.14. The monoisotopic (exact) mass is 227 g/mol. The number of nitriles is 1. The molecule has 1 rings (SSSR count). The summed E-state index contributed by atoms with van der Waals surface area (Å²) in [6.45, 7) is 1.31. The Morgan fingerprint density at radius 1 is 1.53 bits per heavy atom. The van der Waals surface area contributed by atoms with E-state index in [1.807, 2.05) is 17.8 Å². The van der Waals surface area contributed by atoms with Crippen LogP contribution in [0.15, 0.2) is 0 Å². The number of rotatable bonds is 5. The number of nitrogens with zero attached hydrogens (tertiary/aromatic N) is 1. The van der Waals surface area contributed by atoms with Crippen molar-refractivity contribution in [3.05, 3.63) is 0 Å². The molecule has 84 valence electrons. The van der Waals surface area contributed by atoms with E-state index in [4.69, 9.17) is 5.26 Å². The number of carbonyl (C=O) groups excluding carboxylic acids is 1. The zero-order chi connectivity index (χ0) is 10.9. The summed E-state index contributed by atoms with van der Waals surface area (Å²) in [5, 5.41) is 14.5. The second kappa shape index (κ2) is 7.55.